The van der Waals surface area contributed by atoms with E-state index in [9.17, 15) is 14.4 Å². The molecule has 4 rings (SSSR count). The maximum atomic E-state index is 13.4. The number of rotatable bonds is 7. The Morgan fingerprint density at radius 3 is 2.17 bits per heavy atom. The van der Waals surface area contributed by atoms with E-state index in [1.54, 1.807) is 63.2 Å². The van der Waals surface area contributed by atoms with Gasteiger partial charge in [0, 0.05) is 23.5 Å². The first kappa shape index (κ1) is 25.1. The topological polar surface area (TPSA) is 85.8 Å². The number of pyridine rings is 1. The number of amides is 2. The molecule has 0 atom stereocenters. The minimum Gasteiger partial charge on any atom is -0.489 e. The highest BCUT2D eigenvalue weighted by Gasteiger charge is 2.39. The lowest BCUT2D eigenvalue weighted by Gasteiger charge is -2.22. The molecule has 0 bridgehead atoms. The van der Waals surface area contributed by atoms with Crippen LogP contribution in [0.5, 0.6) is 5.75 Å². The number of benzene rings is 2. The van der Waals surface area contributed by atoms with E-state index >= 15 is 0 Å². The molecule has 7 nitrogen and oxygen atoms in total. The number of hydrogen-bond acceptors (Lipinski definition) is 6. The molecule has 186 valence electrons. The lowest BCUT2D eigenvalue weighted by molar-refractivity contribution is 0.00706. The van der Waals surface area contributed by atoms with Gasteiger partial charge >= 0.3 is 5.97 Å². The second kappa shape index (κ2) is 9.93. The molecule has 7 heteroatoms. The summed E-state index contributed by atoms with van der Waals surface area (Å²) in [5, 5.41) is 0. The third-order valence-electron chi connectivity index (χ3n) is 5.75. The van der Waals surface area contributed by atoms with Crippen molar-refractivity contribution in [3.05, 3.63) is 88.2 Å². The van der Waals surface area contributed by atoms with Gasteiger partial charge in [0.05, 0.1) is 22.4 Å². The molecule has 2 heterocycles. The predicted molar refractivity (Wildman–Crippen MR) is 137 cm³/mol. The number of hydrogen-bond donors (Lipinski definition) is 0. The summed E-state index contributed by atoms with van der Waals surface area (Å²) in [6.45, 7) is 9.61. The van der Waals surface area contributed by atoms with Crippen molar-refractivity contribution in [1.82, 2.24) is 4.98 Å². The molecule has 0 radical (unpaired) electrons. The van der Waals surface area contributed by atoms with Crippen molar-refractivity contribution in [2.45, 2.75) is 59.7 Å². The average molecular weight is 487 g/mol. The number of anilines is 1. The van der Waals surface area contributed by atoms with Crippen molar-refractivity contribution in [2.75, 3.05) is 4.90 Å². The van der Waals surface area contributed by atoms with E-state index in [2.05, 4.69) is 4.98 Å². The van der Waals surface area contributed by atoms with Gasteiger partial charge in [-0.1, -0.05) is 32.0 Å². The van der Waals surface area contributed by atoms with Gasteiger partial charge in [-0.05, 0) is 63.4 Å². The molecule has 0 spiro atoms. The van der Waals surface area contributed by atoms with Gasteiger partial charge in [-0.2, -0.15) is 0 Å². The van der Waals surface area contributed by atoms with Crippen LogP contribution in [0.4, 0.5) is 5.69 Å². The zero-order valence-electron chi connectivity index (χ0n) is 21.3. The van der Waals surface area contributed by atoms with E-state index < -0.39 is 23.4 Å². The summed E-state index contributed by atoms with van der Waals surface area (Å²) in [5.74, 6) is -0.848. The van der Waals surface area contributed by atoms with Crippen LogP contribution in [0.15, 0.2) is 54.6 Å². The highest BCUT2D eigenvalue weighted by Crippen LogP contribution is 2.32. The molecule has 2 aromatic carbocycles. The molecule has 0 saturated carbocycles. The van der Waals surface area contributed by atoms with E-state index in [1.165, 1.54) is 0 Å². The maximum Gasteiger partial charge on any atom is 0.340 e. The Hall–Kier alpha value is -4.00. The standard InChI is InChI=1S/C29H30N2O5/c1-6-19-15-21(16-20(7-2)30-19)35-17-18-12-13-22-24(14-18)27(33)31(26(22)32)25-11-9-8-10-23(25)28(34)36-29(3,4)5/h8-16H,6-7,17H2,1-5H3. The minimum absolute atomic E-state index is 0.154. The Bertz CT molecular complexity index is 1320. The van der Waals surface area contributed by atoms with Crippen LogP contribution in [0.25, 0.3) is 0 Å². The highest BCUT2D eigenvalue weighted by molar-refractivity contribution is 6.35. The smallest absolute Gasteiger partial charge is 0.340 e. The summed E-state index contributed by atoms with van der Waals surface area (Å²) in [4.78, 5) is 45.0. The fourth-order valence-electron chi connectivity index (χ4n) is 4.00. The molecule has 1 aliphatic heterocycles. The van der Waals surface area contributed by atoms with Gasteiger partial charge in [0.1, 0.15) is 18.0 Å². The number of aromatic nitrogens is 1. The van der Waals surface area contributed by atoms with Gasteiger partial charge in [-0.25, -0.2) is 9.69 Å². The molecule has 2 amide bonds. The zero-order chi connectivity index (χ0) is 26.0. The van der Waals surface area contributed by atoms with Gasteiger partial charge in [0.25, 0.3) is 11.8 Å². The number of para-hydroxylation sites is 1. The molecule has 3 aromatic rings. The van der Waals surface area contributed by atoms with Crippen LogP contribution in [0.3, 0.4) is 0 Å². The zero-order valence-corrected chi connectivity index (χ0v) is 21.3. The van der Waals surface area contributed by atoms with Crippen LogP contribution in [0.1, 0.15) is 82.6 Å². The first-order chi connectivity index (χ1) is 17.1. The normalized spacial score (nSPS) is 13.1. The van der Waals surface area contributed by atoms with Gasteiger partial charge < -0.3 is 9.47 Å². The van der Waals surface area contributed by atoms with E-state index in [-0.39, 0.29) is 29.0 Å². The molecule has 0 N–H and O–H groups in total. The molecule has 1 aromatic heterocycles. The molecule has 0 unspecified atom stereocenters. The van der Waals surface area contributed by atoms with Crippen LogP contribution in [0, 0.1) is 0 Å². The minimum atomic E-state index is -0.717. The number of nitrogens with zero attached hydrogens (tertiary/aromatic N) is 2. The molecule has 0 aliphatic carbocycles. The largest absolute Gasteiger partial charge is 0.489 e. The van der Waals surface area contributed by atoms with Gasteiger partial charge in [0.2, 0.25) is 0 Å². The van der Waals surface area contributed by atoms with Crippen molar-refractivity contribution in [2.24, 2.45) is 0 Å². The van der Waals surface area contributed by atoms with Crippen LogP contribution >= 0.6 is 0 Å². The Labute approximate surface area is 211 Å². The van der Waals surface area contributed by atoms with E-state index in [0.29, 0.717) is 0 Å². The lowest BCUT2D eigenvalue weighted by Crippen LogP contribution is -2.32. The summed E-state index contributed by atoms with van der Waals surface area (Å²) in [6.07, 6.45) is 1.61. The van der Waals surface area contributed by atoms with E-state index in [4.69, 9.17) is 9.47 Å². The van der Waals surface area contributed by atoms with Gasteiger partial charge in [-0.15, -0.1) is 0 Å². The van der Waals surface area contributed by atoms with Crippen molar-refractivity contribution in [3.63, 3.8) is 0 Å². The first-order valence-corrected chi connectivity index (χ1v) is 12.1. The highest BCUT2D eigenvalue weighted by atomic mass is 16.6. The van der Waals surface area contributed by atoms with Gasteiger partial charge in [0.15, 0.2) is 0 Å². The fourth-order valence-corrected chi connectivity index (χ4v) is 4.00. The van der Waals surface area contributed by atoms with Crippen molar-refractivity contribution in [3.8, 4) is 5.75 Å². The first-order valence-electron chi connectivity index (χ1n) is 12.1. The predicted octanol–water partition coefficient (Wildman–Crippen LogP) is 5.54. The average Bonchev–Trinajstić information content (AvgIpc) is 3.10. The Morgan fingerprint density at radius 1 is 0.889 bits per heavy atom. The Balaban J connectivity index is 1.59. The third kappa shape index (κ3) is 5.15. The van der Waals surface area contributed by atoms with Crippen molar-refractivity contribution >= 4 is 23.5 Å². The Kier molecular flexibility index (Phi) is 6.93. The van der Waals surface area contributed by atoms with Crippen LogP contribution in [-0.2, 0) is 24.2 Å². The summed E-state index contributed by atoms with van der Waals surface area (Å²) < 4.78 is 11.5. The number of carbonyl (C=O) groups excluding carboxylic acids is 3. The summed E-state index contributed by atoms with van der Waals surface area (Å²) in [7, 11) is 0. The molecular formula is C29H30N2O5. The number of fused-ring (bicyclic) bond motifs is 1. The SMILES string of the molecule is CCc1cc(OCc2ccc3c(c2)C(=O)N(c2ccccc2C(=O)OC(C)(C)C)C3=O)cc(CC)n1. The quantitative estimate of drug-likeness (QED) is 0.322. The maximum absolute atomic E-state index is 13.4. The van der Waals surface area contributed by atoms with Crippen molar-refractivity contribution in [1.29, 1.82) is 0 Å². The van der Waals surface area contributed by atoms with Crippen molar-refractivity contribution < 1.29 is 23.9 Å². The number of ether oxygens (including phenoxy) is 2. The van der Waals surface area contributed by atoms with E-state index in [0.717, 1.165) is 40.4 Å². The third-order valence-corrected chi connectivity index (χ3v) is 5.75. The summed E-state index contributed by atoms with van der Waals surface area (Å²) in [5.41, 5.74) is 2.87. The summed E-state index contributed by atoms with van der Waals surface area (Å²) >= 11 is 0. The number of esters is 1. The molecular weight excluding hydrogens is 456 g/mol. The van der Waals surface area contributed by atoms with Crippen LogP contribution < -0.4 is 9.64 Å². The molecule has 0 saturated heterocycles. The summed E-state index contributed by atoms with van der Waals surface area (Å²) in [6, 6.07) is 15.4. The van der Waals surface area contributed by atoms with Crippen LogP contribution in [0.2, 0.25) is 0 Å². The second-order valence-corrected chi connectivity index (χ2v) is 9.63. The monoisotopic (exact) mass is 486 g/mol. The lowest BCUT2D eigenvalue weighted by atomic mass is 10.1. The van der Waals surface area contributed by atoms with Crippen LogP contribution in [-0.4, -0.2) is 28.4 Å². The number of aryl methyl sites for hydroxylation is 2. The number of imide groups is 1. The van der Waals surface area contributed by atoms with E-state index in [1.807, 2.05) is 26.0 Å². The number of carbonyl (C=O) groups is 3. The molecule has 36 heavy (non-hydrogen) atoms. The Morgan fingerprint density at radius 2 is 1.53 bits per heavy atom. The fraction of sp³-hybridized carbons (Fsp3) is 0.310. The molecule has 0 fully saturated rings. The molecule has 1 aliphatic rings. The second-order valence-electron chi connectivity index (χ2n) is 9.63. The van der Waals surface area contributed by atoms with Gasteiger partial charge in [-0.3, -0.25) is 14.6 Å².